The quantitative estimate of drug-likeness (QED) is 0.874. The zero-order valence-corrected chi connectivity index (χ0v) is 11.5. The number of aromatic nitrogens is 1. The van der Waals surface area contributed by atoms with Gasteiger partial charge in [0.25, 0.3) is 5.91 Å². The fraction of sp³-hybridized carbons (Fsp3) is 0.231. The number of carbonyl (C=O) groups is 1. The Morgan fingerprint density at radius 2 is 2.39 bits per heavy atom. The molecule has 2 rings (SSSR count). The van der Waals surface area contributed by atoms with E-state index in [1.807, 2.05) is 18.4 Å². The third kappa shape index (κ3) is 3.55. The molecular formula is C13H13ClN2OS. The van der Waals surface area contributed by atoms with Crippen molar-refractivity contribution in [3.8, 4) is 0 Å². The van der Waals surface area contributed by atoms with Crippen LogP contribution in [-0.4, -0.2) is 16.9 Å². The summed E-state index contributed by atoms with van der Waals surface area (Å²) in [4.78, 5) is 17.1. The molecule has 5 heteroatoms. The van der Waals surface area contributed by atoms with Crippen molar-refractivity contribution < 1.29 is 4.79 Å². The first-order valence-corrected chi connectivity index (χ1v) is 6.85. The summed E-state index contributed by atoms with van der Waals surface area (Å²) in [5.41, 5.74) is 0.535. The van der Waals surface area contributed by atoms with Crippen molar-refractivity contribution in [3.63, 3.8) is 0 Å². The summed E-state index contributed by atoms with van der Waals surface area (Å²) >= 11 is 7.45. The van der Waals surface area contributed by atoms with E-state index in [4.69, 9.17) is 11.6 Å². The van der Waals surface area contributed by atoms with Gasteiger partial charge in [0.15, 0.2) is 0 Å². The Morgan fingerprint density at radius 1 is 1.56 bits per heavy atom. The predicted octanol–water partition coefficient (Wildman–Crippen LogP) is 3.16. The molecule has 0 aliphatic heterocycles. The van der Waals surface area contributed by atoms with Crippen molar-refractivity contribution >= 4 is 28.8 Å². The number of pyridine rings is 1. The molecule has 3 nitrogen and oxygen atoms in total. The Bertz CT molecular complexity index is 528. The van der Waals surface area contributed by atoms with E-state index >= 15 is 0 Å². The molecule has 1 amide bonds. The van der Waals surface area contributed by atoms with Gasteiger partial charge >= 0.3 is 0 Å². The maximum atomic E-state index is 11.9. The monoisotopic (exact) mass is 280 g/mol. The average molecular weight is 281 g/mol. The SMILES string of the molecule is CC(Cc1cccs1)NC(=O)c1ccnc(Cl)c1. The minimum absolute atomic E-state index is 0.0862. The third-order valence-electron chi connectivity index (χ3n) is 2.45. The lowest BCUT2D eigenvalue weighted by Gasteiger charge is -2.12. The summed E-state index contributed by atoms with van der Waals surface area (Å²) in [6.45, 7) is 1.99. The van der Waals surface area contributed by atoms with Crippen molar-refractivity contribution in [1.29, 1.82) is 0 Å². The van der Waals surface area contributed by atoms with Crippen molar-refractivity contribution in [3.05, 3.63) is 51.4 Å². The number of nitrogens with one attached hydrogen (secondary N) is 1. The number of hydrogen-bond acceptors (Lipinski definition) is 3. The molecule has 0 aromatic carbocycles. The lowest BCUT2D eigenvalue weighted by atomic mass is 10.2. The van der Waals surface area contributed by atoms with Gasteiger partial charge in [-0.1, -0.05) is 17.7 Å². The molecule has 0 saturated carbocycles. The van der Waals surface area contributed by atoms with Crippen LogP contribution in [-0.2, 0) is 6.42 Å². The first-order valence-electron chi connectivity index (χ1n) is 5.60. The Morgan fingerprint density at radius 3 is 3.06 bits per heavy atom. The zero-order chi connectivity index (χ0) is 13.0. The molecule has 94 valence electrons. The number of amides is 1. The number of carbonyl (C=O) groups excluding carboxylic acids is 1. The first kappa shape index (κ1) is 13.1. The molecule has 18 heavy (non-hydrogen) atoms. The second-order valence-corrected chi connectivity index (χ2v) is 5.44. The fourth-order valence-corrected chi connectivity index (χ4v) is 2.64. The minimum atomic E-state index is -0.122. The van der Waals surface area contributed by atoms with Crippen LogP contribution < -0.4 is 5.32 Å². The van der Waals surface area contributed by atoms with E-state index in [0.29, 0.717) is 10.7 Å². The van der Waals surface area contributed by atoms with Gasteiger partial charge in [0.1, 0.15) is 5.15 Å². The van der Waals surface area contributed by atoms with Crippen molar-refractivity contribution in [1.82, 2.24) is 10.3 Å². The van der Waals surface area contributed by atoms with E-state index < -0.39 is 0 Å². The molecule has 0 bridgehead atoms. The van der Waals surface area contributed by atoms with Crippen LogP contribution >= 0.6 is 22.9 Å². The van der Waals surface area contributed by atoms with Gasteiger partial charge in [-0.3, -0.25) is 4.79 Å². The van der Waals surface area contributed by atoms with Crippen molar-refractivity contribution in [2.24, 2.45) is 0 Å². The van der Waals surface area contributed by atoms with E-state index in [2.05, 4.69) is 16.4 Å². The smallest absolute Gasteiger partial charge is 0.251 e. The highest BCUT2D eigenvalue weighted by atomic mass is 35.5. The minimum Gasteiger partial charge on any atom is -0.349 e. The molecular weight excluding hydrogens is 268 g/mol. The topological polar surface area (TPSA) is 42.0 Å². The van der Waals surface area contributed by atoms with Crippen LogP contribution in [0.4, 0.5) is 0 Å². The van der Waals surface area contributed by atoms with Crippen molar-refractivity contribution in [2.75, 3.05) is 0 Å². The van der Waals surface area contributed by atoms with Gasteiger partial charge < -0.3 is 5.32 Å². The molecule has 0 aliphatic carbocycles. The molecule has 0 aliphatic rings. The van der Waals surface area contributed by atoms with Crippen LogP contribution in [0.25, 0.3) is 0 Å². The molecule has 1 unspecified atom stereocenters. The van der Waals surface area contributed by atoms with Gasteiger partial charge in [0.05, 0.1) is 0 Å². The maximum absolute atomic E-state index is 11.9. The van der Waals surface area contributed by atoms with Gasteiger partial charge in [-0.05, 0) is 30.5 Å². The highest BCUT2D eigenvalue weighted by Gasteiger charge is 2.11. The fourth-order valence-electron chi connectivity index (χ4n) is 1.63. The predicted molar refractivity (Wildman–Crippen MR) is 74.2 cm³/mol. The molecule has 2 heterocycles. The summed E-state index contributed by atoms with van der Waals surface area (Å²) in [6.07, 6.45) is 2.36. The summed E-state index contributed by atoms with van der Waals surface area (Å²) in [6, 6.07) is 7.38. The first-order chi connectivity index (χ1) is 8.65. The Labute approximate surface area is 115 Å². The molecule has 2 aromatic heterocycles. The number of hydrogen-bond donors (Lipinski definition) is 1. The summed E-state index contributed by atoms with van der Waals surface area (Å²) in [5, 5.41) is 5.30. The van der Waals surface area contributed by atoms with E-state index in [0.717, 1.165) is 6.42 Å². The summed E-state index contributed by atoms with van der Waals surface area (Å²) in [7, 11) is 0. The average Bonchev–Trinajstić information content (AvgIpc) is 2.81. The highest BCUT2D eigenvalue weighted by molar-refractivity contribution is 7.09. The molecule has 0 saturated heterocycles. The summed E-state index contributed by atoms with van der Waals surface area (Å²) in [5.74, 6) is -0.122. The number of nitrogens with zero attached hydrogens (tertiary/aromatic N) is 1. The van der Waals surface area contributed by atoms with E-state index in [9.17, 15) is 4.79 Å². The Hall–Kier alpha value is -1.39. The van der Waals surface area contributed by atoms with Gasteiger partial charge in [-0.25, -0.2) is 4.98 Å². The third-order valence-corrected chi connectivity index (χ3v) is 3.56. The van der Waals surface area contributed by atoms with E-state index in [1.165, 1.54) is 11.1 Å². The largest absolute Gasteiger partial charge is 0.349 e. The maximum Gasteiger partial charge on any atom is 0.251 e. The lowest BCUT2D eigenvalue weighted by molar-refractivity contribution is 0.0940. The van der Waals surface area contributed by atoms with Gasteiger partial charge in [-0.15, -0.1) is 11.3 Å². The molecule has 0 radical (unpaired) electrons. The molecule has 1 N–H and O–H groups in total. The van der Waals surface area contributed by atoms with Crippen LogP contribution in [0.5, 0.6) is 0 Å². The van der Waals surface area contributed by atoms with Gasteiger partial charge in [-0.2, -0.15) is 0 Å². The molecule has 1 atom stereocenters. The van der Waals surface area contributed by atoms with Gasteiger partial charge in [0.2, 0.25) is 0 Å². The number of thiophene rings is 1. The van der Waals surface area contributed by atoms with Gasteiger partial charge in [0, 0.05) is 29.1 Å². The van der Waals surface area contributed by atoms with Crippen LogP contribution in [0.1, 0.15) is 22.2 Å². The summed E-state index contributed by atoms with van der Waals surface area (Å²) < 4.78 is 0. The Balaban J connectivity index is 1.95. The number of halogens is 1. The second kappa shape index (κ2) is 5.98. The van der Waals surface area contributed by atoms with E-state index in [1.54, 1.807) is 23.5 Å². The lowest BCUT2D eigenvalue weighted by Crippen LogP contribution is -2.33. The standard InChI is InChI=1S/C13H13ClN2OS/c1-9(7-11-3-2-6-18-11)16-13(17)10-4-5-15-12(14)8-10/h2-6,8-9H,7H2,1H3,(H,16,17). The van der Waals surface area contributed by atoms with Crippen molar-refractivity contribution in [2.45, 2.75) is 19.4 Å². The van der Waals surface area contributed by atoms with Crippen LogP contribution in [0.3, 0.4) is 0 Å². The van der Waals surface area contributed by atoms with E-state index in [-0.39, 0.29) is 11.9 Å². The molecule has 2 aromatic rings. The normalized spacial score (nSPS) is 12.1. The van der Waals surface area contributed by atoms with Crippen LogP contribution in [0.2, 0.25) is 5.15 Å². The second-order valence-electron chi connectivity index (χ2n) is 4.03. The molecule has 0 fully saturated rings. The zero-order valence-electron chi connectivity index (χ0n) is 9.89. The number of rotatable bonds is 4. The van der Waals surface area contributed by atoms with Crippen LogP contribution in [0.15, 0.2) is 35.8 Å². The van der Waals surface area contributed by atoms with Crippen LogP contribution in [0, 0.1) is 0 Å². The Kier molecular flexibility index (Phi) is 4.33. The molecule has 0 spiro atoms. The highest BCUT2D eigenvalue weighted by Crippen LogP contribution is 2.12.